The van der Waals surface area contributed by atoms with Gasteiger partial charge >= 0.3 is 0 Å². The zero-order chi connectivity index (χ0) is 26.9. The number of ketones is 2. The number of phenols is 1. The summed E-state index contributed by atoms with van der Waals surface area (Å²) in [6.07, 6.45) is 4.82. The van der Waals surface area contributed by atoms with Gasteiger partial charge in [0.15, 0.2) is 11.4 Å². The molecular formula is C26H32N2O7S. The molecule has 10 heteroatoms. The Labute approximate surface area is 211 Å². The Bertz CT molecular complexity index is 1280. The summed E-state index contributed by atoms with van der Waals surface area (Å²) in [4.78, 5) is 40.4. The van der Waals surface area contributed by atoms with Crippen molar-refractivity contribution in [2.75, 3.05) is 37.8 Å². The van der Waals surface area contributed by atoms with Crippen molar-refractivity contribution in [2.24, 2.45) is 23.5 Å². The van der Waals surface area contributed by atoms with E-state index >= 15 is 0 Å². The first-order valence-corrected chi connectivity index (χ1v) is 14.4. The molecule has 5 atom stereocenters. The van der Waals surface area contributed by atoms with Crippen LogP contribution >= 0.6 is 10.0 Å². The zero-order valence-corrected chi connectivity index (χ0v) is 21.8. The summed E-state index contributed by atoms with van der Waals surface area (Å²) >= 11 is 0. The molecule has 1 amide bonds. The molecule has 1 aromatic rings. The molecule has 194 valence electrons. The summed E-state index contributed by atoms with van der Waals surface area (Å²) in [7, 11) is 2.42. The summed E-state index contributed by atoms with van der Waals surface area (Å²) in [6, 6.07) is 1.75. The first-order chi connectivity index (χ1) is 16.6. The lowest BCUT2D eigenvalue weighted by atomic mass is 9.56. The van der Waals surface area contributed by atoms with Gasteiger partial charge in [0.1, 0.15) is 17.4 Å². The highest BCUT2D eigenvalue weighted by Crippen LogP contribution is 2.53. The summed E-state index contributed by atoms with van der Waals surface area (Å²) in [5, 5.41) is 47.4. The van der Waals surface area contributed by atoms with Gasteiger partial charge in [0.05, 0.1) is 17.2 Å². The molecular weight excluding hydrogens is 484 g/mol. The lowest BCUT2D eigenvalue weighted by Crippen LogP contribution is -2.66. The number of nitrogens with zero attached hydrogens (tertiary/aromatic N) is 1. The van der Waals surface area contributed by atoms with Gasteiger partial charge < -0.3 is 31.1 Å². The number of benzene rings is 1. The first kappa shape index (κ1) is 26.1. The fourth-order valence-corrected chi connectivity index (χ4v) is 6.09. The number of hydrogen-bond donors (Lipinski definition) is 5. The number of primary amides is 1. The molecule has 0 aromatic heterocycles. The molecule has 36 heavy (non-hydrogen) atoms. The third-order valence-corrected chi connectivity index (χ3v) is 8.05. The average molecular weight is 517 g/mol. The number of aliphatic hydroxyl groups is 3. The van der Waals surface area contributed by atoms with Gasteiger partial charge in [0.25, 0.3) is 0 Å². The second-order valence-corrected chi connectivity index (χ2v) is 14.7. The number of carbonyl (C=O) groups excluding carboxylic acids is 3. The quantitative estimate of drug-likeness (QED) is 0.283. The van der Waals surface area contributed by atoms with Crippen molar-refractivity contribution in [3.05, 3.63) is 28.3 Å². The summed E-state index contributed by atoms with van der Waals surface area (Å²) in [5.41, 5.74) is 4.19. The van der Waals surface area contributed by atoms with E-state index in [0.717, 1.165) is 0 Å². The average Bonchev–Trinajstić information content (AvgIpc) is 2.74. The van der Waals surface area contributed by atoms with E-state index in [1.54, 1.807) is 6.07 Å². The molecule has 2 fully saturated rings. The lowest BCUT2D eigenvalue weighted by molar-refractivity contribution is -0.174. The van der Waals surface area contributed by atoms with Crippen LogP contribution in [0.5, 0.6) is 5.75 Å². The third-order valence-electron chi connectivity index (χ3n) is 7.33. The zero-order valence-electron chi connectivity index (χ0n) is 21.0. The van der Waals surface area contributed by atoms with Crippen molar-refractivity contribution in [1.29, 1.82) is 0 Å². The van der Waals surface area contributed by atoms with Crippen molar-refractivity contribution in [2.45, 2.75) is 31.0 Å². The highest BCUT2D eigenvalue weighted by atomic mass is 32.3. The number of anilines is 1. The van der Waals surface area contributed by atoms with E-state index in [2.05, 4.69) is 11.2 Å². The van der Waals surface area contributed by atoms with Gasteiger partial charge in [0.2, 0.25) is 11.7 Å². The van der Waals surface area contributed by atoms with Crippen LogP contribution in [0.15, 0.2) is 11.6 Å². The van der Waals surface area contributed by atoms with Crippen molar-refractivity contribution in [1.82, 2.24) is 0 Å². The number of rotatable bonds is 2. The fourth-order valence-electron chi connectivity index (χ4n) is 5.68. The molecule has 9 nitrogen and oxygen atoms in total. The fraction of sp³-hybridized carbons (Fsp3) is 0.500. The Hall–Kier alpha value is -3.00. The molecule has 0 heterocycles. The van der Waals surface area contributed by atoms with Gasteiger partial charge in [0, 0.05) is 31.3 Å². The van der Waals surface area contributed by atoms with Crippen molar-refractivity contribution >= 4 is 38.9 Å². The SMILES string of the molecule is CN(C)c1cc(C#CS(C)(C)C)c(O)c2c1C[C@H]1C[C@H]3CC(O)C(C(N)=O)C(=O)[C@@]3(O)C(=O)C1=C2O. The van der Waals surface area contributed by atoms with Crippen LogP contribution in [0, 0.1) is 28.9 Å². The number of aromatic hydroxyl groups is 1. The van der Waals surface area contributed by atoms with E-state index in [1.165, 1.54) is 0 Å². The Morgan fingerprint density at radius 2 is 1.83 bits per heavy atom. The van der Waals surface area contributed by atoms with Crippen molar-refractivity contribution in [3.63, 3.8) is 0 Å². The number of Topliss-reactive ketones (excluding diaryl/α,β-unsaturated/α-hetero) is 2. The number of phenolic OH excluding ortho intramolecular Hbond substituents is 1. The minimum atomic E-state index is -2.59. The maximum atomic E-state index is 13.7. The smallest absolute Gasteiger partial charge is 0.230 e. The van der Waals surface area contributed by atoms with E-state index in [-0.39, 0.29) is 41.7 Å². The molecule has 4 rings (SSSR count). The molecule has 1 aromatic carbocycles. The van der Waals surface area contributed by atoms with Crippen LogP contribution in [-0.2, 0) is 20.8 Å². The predicted molar refractivity (Wildman–Crippen MR) is 138 cm³/mol. The lowest BCUT2D eigenvalue weighted by Gasteiger charge is -2.48. The molecule has 3 aliphatic carbocycles. The normalized spacial score (nSPS) is 30.0. The van der Waals surface area contributed by atoms with Crippen LogP contribution in [-0.4, -0.2) is 82.5 Å². The van der Waals surface area contributed by atoms with Crippen LogP contribution in [0.2, 0.25) is 0 Å². The minimum absolute atomic E-state index is 0.0470. The highest BCUT2D eigenvalue weighted by Gasteiger charge is 2.64. The number of carbonyl (C=O) groups is 3. The molecule has 2 unspecified atom stereocenters. The summed E-state index contributed by atoms with van der Waals surface area (Å²) < 4.78 is 0. The molecule has 0 aliphatic heterocycles. The van der Waals surface area contributed by atoms with Crippen LogP contribution in [0.4, 0.5) is 5.69 Å². The van der Waals surface area contributed by atoms with Crippen LogP contribution in [0.3, 0.4) is 0 Å². The van der Waals surface area contributed by atoms with E-state index in [4.69, 9.17) is 5.73 Å². The second kappa shape index (κ2) is 8.54. The first-order valence-electron chi connectivity index (χ1n) is 11.6. The number of nitrogens with two attached hydrogens (primary N) is 1. The third kappa shape index (κ3) is 3.86. The monoisotopic (exact) mass is 516 g/mol. The van der Waals surface area contributed by atoms with E-state index in [1.807, 2.05) is 37.8 Å². The molecule has 2 saturated carbocycles. The Kier molecular flexibility index (Phi) is 6.19. The molecule has 3 aliphatic rings. The van der Waals surface area contributed by atoms with Gasteiger partial charge in [-0.1, -0.05) is 5.92 Å². The molecule has 0 spiro atoms. The maximum Gasteiger partial charge on any atom is 0.230 e. The predicted octanol–water partition coefficient (Wildman–Crippen LogP) is 0.658. The van der Waals surface area contributed by atoms with E-state index in [0.29, 0.717) is 11.3 Å². The van der Waals surface area contributed by atoms with Crippen LogP contribution < -0.4 is 10.6 Å². The van der Waals surface area contributed by atoms with Gasteiger partial charge in [-0.25, -0.2) is 0 Å². The van der Waals surface area contributed by atoms with Gasteiger partial charge in [-0.3, -0.25) is 14.4 Å². The standard InChI is InChI=1S/C26H32N2O7S/c1-28(2)16-10-12(6-7-36(3,4)5)21(30)19-15(16)9-13-8-14-11-17(29)20(25(27)34)24(33)26(14,35)23(32)18(13)22(19)31/h10,13-14,17,20,29-31,35H,8-9,11H2,1-5H3,(H2,27,34)/t13-,14+,17?,20?,26+/m1/s1. The molecule has 6 N–H and O–H groups in total. The number of fused-ring (bicyclic) bond motifs is 3. The van der Waals surface area contributed by atoms with E-state index < -0.39 is 62.7 Å². The number of amides is 1. The molecule has 0 radical (unpaired) electrons. The maximum absolute atomic E-state index is 13.7. The van der Waals surface area contributed by atoms with Crippen LogP contribution in [0.1, 0.15) is 29.5 Å². The second-order valence-electron chi connectivity index (χ2n) is 10.8. The highest BCUT2D eigenvalue weighted by molar-refractivity contribution is 8.35. The topological polar surface area (TPSA) is 161 Å². The number of aliphatic hydroxyl groups excluding tert-OH is 2. The molecule has 0 saturated heterocycles. The Morgan fingerprint density at radius 3 is 2.39 bits per heavy atom. The Balaban J connectivity index is 1.92. The minimum Gasteiger partial charge on any atom is -0.507 e. The Morgan fingerprint density at radius 1 is 1.19 bits per heavy atom. The summed E-state index contributed by atoms with van der Waals surface area (Å²) in [6.45, 7) is 0. The largest absolute Gasteiger partial charge is 0.507 e. The van der Waals surface area contributed by atoms with Crippen molar-refractivity contribution < 1.29 is 34.8 Å². The van der Waals surface area contributed by atoms with Crippen LogP contribution in [0.25, 0.3) is 5.76 Å². The van der Waals surface area contributed by atoms with Crippen molar-refractivity contribution in [3.8, 4) is 16.9 Å². The van der Waals surface area contributed by atoms with Gasteiger partial charge in [-0.2, -0.15) is 10.0 Å². The van der Waals surface area contributed by atoms with E-state index in [9.17, 15) is 34.8 Å². The summed E-state index contributed by atoms with van der Waals surface area (Å²) in [5.74, 6) is -4.32. The number of hydrogen-bond acceptors (Lipinski definition) is 8. The van der Waals surface area contributed by atoms with Gasteiger partial charge in [-0.05, 0) is 60.8 Å². The van der Waals surface area contributed by atoms with Gasteiger partial charge in [-0.15, -0.1) is 0 Å². The molecule has 0 bridgehead atoms.